The Morgan fingerprint density at radius 1 is 1.33 bits per heavy atom. The number of aromatic nitrogens is 2. The first-order valence-corrected chi connectivity index (χ1v) is 8.92. The van der Waals surface area contributed by atoms with Gasteiger partial charge < -0.3 is 25.2 Å². The van der Waals surface area contributed by atoms with Crippen LogP contribution in [0.2, 0.25) is 0 Å². The molecule has 1 fully saturated rings. The molecule has 1 aliphatic heterocycles. The van der Waals surface area contributed by atoms with Gasteiger partial charge in [-0.15, -0.1) is 0 Å². The number of halogens is 3. The second-order valence-corrected chi connectivity index (χ2v) is 6.64. The molecule has 30 heavy (non-hydrogen) atoms. The molecule has 2 aromatic rings. The molecule has 2 heterocycles. The normalized spacial score (nSPS) is 20.6. The zero-order valence-electron chi connectivity index (χ0n) is 15.5. The molecule has 3 N–H and O–H groups in total. The number of carbonyl (C=O) groups is 1. The Bertz CT molecular complexity index is 965. The topological polar surface area (TPSA) is 132 Å². The fourth-order valence-electron chi connectivity index (χ4n) is 3.07. The van der Waals surface area contributed by atoms with E-state index in [0.29, 0.717) is 0 Å². The van der Waals surface area contributed by atoms with E-state index < -0.39 is 43.5 Å². The van der Waals surface area contributed by atoms with Crippen molar-refractivity contribution < 1.29 is 32.9 Å². The van der Waals surface area contributed by atoms with Crippen LogP contribution in [-0.4, -0.2) is 76.8 Å². The summed E-state index contributed by atoms with van der Waals surface area (Å²) in [5, 5.41) is 29.7. The fourth-order valence-corrected chi connectivity index (χ4v) is 3.07. The predicted molar refractivity (Wildman–Crippen MR) is 97.3 cm³/mol. The molecule has 9 nitrogen and oxygen atoms in total. The van der Waals surface area contributed by atoms with Crippen molar-refractivity contribution in [3.05, 3.63) is 30.1 Å². The number of rotatable bonds is 5. The fraction of sp³-hybridized carbons (Fsp3) is 0.444. The number of morpholine rings is 1. The lowest BCUT2D eigenvalue weighted by atomic mass is 10.1. The Labute approximate surface area is 168 Å². The summed E-state index contributed by atoms with van der Waals surface area (Å²) in [6, 6.07) is 4.84. The molecule has 1 aliphatic rings. The Kier molecular flexibility index (Phi) is 6.35. The third kappa shape index (κ3) is 4.59. The van der Waals surface area contributed by atoms with Crippen molar-refractivity contribution in [3.63, 3.8) is 0 Å². The molecule has 1 aromatic heterocycles. The third-order valence-corrected chi connectivity index (χ3v) is 4.55. The summed E-state index contributed by atoms with van der Waals surface area (Å²) >= 11 is 0. The molecule has 0 spiro atoms. The van der Waals surface area contributed by atoms with Crippen LogP contribution in [0.3, 0.4) is 0 Å². The maximum Gasteiger partial charge on any atom is 0.416 e. The molecule has 1 saturated heterocycles. The quantitative estimate of drug-likeness (QED) is 0.615. The Hall–Kier alpha value is -3.01. The van der Waals surface area contributed by atoms with Crippen LogP contribution in [-0.2, 0) is 9.53 Å². The van der Waals surface area contributed by atoms with Crippen LogP contribution in [0, 0.1) is 11.3 Å². The van der Waals surface area contributed by atoms with Gasteiger partial charge in [0.2, 0.25) is 0 Å². The van der Waals surface area contributed by atoms with Gasteiger partial charge in [-0.2, -0.15) is 18.4 Å². The maximum atomic E-state index is 13.4. The average molecular weight is 425 g/mol. The number of nitrogens with zero attached hydrogens (tertiary/aromatic N) is 4. The van der Waals surface area contributed by atoms with E-state index in [1.165, 1.54) is 29.4 Å². The third-order valence-electron chi connectivity index (χ3n) is 4.55. The number of ether oxygens (including phenoxy) is 1. The smallest absolute Gasteiger partial charge is 0.394 e. The van der Waals surface area contributed by atoms with E-state index in [4.69, 9.17) is 9.84 Å². The van der Waals surface area contributed by atoms with Gasteiger partial charge in [0.15, 0.2) is 12.2 Å². The first kappa shape index (κ1) is 21.7. The second kappa shape index (κ2) is 8.78. The van der Waals surface area contributed by atoms with Crippen molar-refractivity contribution in [1.82, 2.24) is 15.3 Å². The lowest BCUT2D eigenvalue weighted by molar-refractivity contribution is -0.234. The summed E-state index contributed by atoms with van der Waals surface area (Å²) in [6.07, 6.45) is -6.98. The first-order valence-electron chi connectivity index (χ1n) is 8.92. The van der Waals surface area contributed by atoms with Gasteiger partial charge in [-0.3, -0.25) is 14.8 Å². The summed E-state index contributed by atoms with van der Waals surface area (Å²) in [5.41, 5.74) is 0.964. The number of aliphatic hydroxyl groups excluding tert-OH is 2. The summed E-state index contributed by atoms with van der Waals surface area (Å²) in [5.74, 6) is -0.856. The number of fused-ring (bicyclic) bond motifs is 1. The highest BCUT2D eigenvalue weighted by Crippen LogP contribution is 2.33. The zero-order chi connectivity index (χ0) is 21.9. The molecule has 0 radical (unpaired) electrons. The van der Waals surface area contributed by atoms with Crippen molar-refractivity contribution in [2.45, 2.75) is 24.5 Å². The summed E-state index contributed by atoms with van der Waals surface area (Å²) in [7, 11) is 0. The SMILES string of the molecule is N#Cc1ccc(N2CC(C(=O)NC[C@@H](O)CO)OC(C(F)(F)F)C2)c2nccnc12. The highest BCUT2D eigenvalue weighted by molar-refractivity contribution is 5.92. The summed E-state index contributed by atoms with van der Waals surface area (Å²) in [4.78, 5) is 21.9. The van der Waals surface area contributed by atoms with Crippen LogP contribution < -0.4 is 10.2 Å². The molecule has 12 heteroatoms. The maximum absolute atomic E-state index is 13.4. The van der Waals surface area contributed by atoms with Gasteiger partial charge in [0.05, 0.1) is 37.1 Å². The summed E-state index contributed by atoms with van der Waals surface area (Å²) < 4.78 is 45.3. The van der Waals surface area contributed by atoms with Crippen molar-refractivity contribution in [1.29, 1.82) is 5.26 Å². The van der Waals surface area contributed by atoms with Crippen LogP contribution in [0.5, 0.6) is 0 Å². The van der Waals surface area contributed by atoms with Crippen molar-refractivity contribution in [2.75, 3.05) is 31.1 Å². The molecular formula is C18H18F3N5O4. The molecule has 0 aliphatic carbocycles. The largest absolute Gasteiger partial charge is 0.416 e. The highest BCUT2D eigenvalue weighted by Gasteiger charge is 2.47. The average Bonchev–Trinajstić information content (AvgIpc) is 2.75. The van der Waals surface area contributed by atoms with E-state index in [2.05, 4.69) is 15.3 Å². The lowest BCUT2D eigenvalue weighted by Crippen LogP contribution is -2.57. The van der Waals surface area contributed by atoms with Crippen LogP contribution in [0.15, 0.2) is 24.5 Å². The van der Waals surface area contributed by atoms with Gasteiger partial charge in [0.1, 0.15) is 17.1 Å². The van der Waals surface area contributed by atoms with Crippen molar-refractivity contribution in [2.24, 2.45) is 0 Å². The number of anilines is 1. The van der Waals surface area contributed by atoms with Crippen LogP contribution >= 0.6 is 0 Å². The first-order chi connectivity index (χ1) is 14.2. The van der Waals surface area contributed by atoms with Gasteiger partial charge in [-0.1, -0.05) is 0 Å². The van der Waals surface area contributed by atoms with E-state index in [9.17, 15) is 28.3 Å². The number of nitriles is 1. The molecule has 0 saturated carbocycles. The van der Waals surface area contributed by atoms with E-state index >= 15 is 0 Å². The number of nitrogens with one attached hydrogen (secondary N) is 1. The minimum Gasteiger partial charge on any atom is -0.394 e. The zero-order valence-corrected chi connectivity index (χ0v) is 15.5. The summed E-state index contributed by atoms with van der Waals surface area (Å²) in [6.45, 7) is -1.74. The molecule has 1 amide bonds. The minimum atomic E-state index is -4.73. The van der Waals surface area contributed by atoms with Crippen molar-refractivity contribution >= 4 is 22.6 Å². The monoisotopic (exact) mass is 425 g/mol. The van der Waals surface area contributed by atoms with Crippen LogP contribution in [0.25, 0.3) is 11.0 Å². The lowest BCUT2D eigenvalue weighted by Gasteiger charge is -2.39. The second-order valence-electron chi connectivity index (χ2n) is 6.64. The van der Waals surface area contributed by atoms with E-state index in [0.717, 1.165) is 0 Å². The molecule has 1 aromatic carbocycles. The van der Waals surface area contributed by atoms with Gasteiger partial charge in [0, 0.05) is 18.9 Å². The number of benzene rings is 1. The van der Waals surface area contributed by atoms with E-state index in [-0.39, 0.29) is 35.4 Å². The highest BCUT2D eigenvalue weighted by atomic mass is 19.4. The number of alkyl halides is 3. The predicted octanol–water partition coefficient (Wildman–Crippen LogP) is 0.107. The minimum absolute atomic E-state index is 0.217. The van der Waals surface area contributed by atoms with Gasteiger partial charge in [-0.25, -0.2) is 0 Å². The number of hydrogen-bond donors (Lipinski definition) is 3. The Morgan fingerprint density at radius 2 is 2.03 bits per heavy atom. The Balaban J connectivity index is 1.93. The van der Waals surface area contributed by atoms with Crippen LogP contribution in [0.1, 0.15) is 5.56 Å². The van der Waals surface area contributed by atoms with Gasteiger partial charge >= 0.3 is 6.18 Å². The molecule has 3 rings (SSSR count). The van der Waals surface area contributed by atoms with Crippen molar-refractivity contribution in [3.8, 4) is 6.07 Å². The van der Waals surface area contributed by atoms with E-state index in [1.807, 2.05) is 6.07 Å². The standard InChI is InChI=1S/C18H18F3N5O4/c19-18(20,21)14-8-26(7-13(30-14)17(29)25-6-11(28)9-27)12-2-1-10(5-22)15-16(12)24-4-3-23-15/h1-4,11,13-14,27-28H,6-9H2,(H,25,29)/t11-,13?,14?/m1/s1. The van der Waals surface area contributed by atoms with Crippen LogP contribution in [0.4, 0.5) is 18.9 Å². The number of carbonyl (C=O) groups excluding carboxylic acids is 1. The van der Waals surface area contributed by atoms with Gasteiger partial charge in [0.25, 0.3) is 5.91 Å². The molecule has 2 unspecified atom stereocenters. The molecule has 0 bridgehead atoms. The molecule has 3 atom stereocenters. The molecular weight excluding hydrogens is 407 g/mol. The van der Waals surface area contributed by atoms with Gasteiger partial charge in [-0.05, 0) is 12.1 Å². The Morgan fingerprint density at radius 3 is 2.67 bits per heavy atom. The molecule has 160 valence electrons. The number of hydrogen-bond acceptors (Lipinski definition) is 8. The number of aliphatic hydroxyl groups is 2. The number of amides is 1. The van der Waals surface area contributed by atoms with E-state index in [1.54, 1.807) is 0 Å².